The van der Waals surface area contributed by atoms with Crippen molar-refractivity contribution in [2.45, 2.75) is 9.79 Å². The van der Waals surface area contributed by atoms with Crippen molar-refractivity contribution >= 4 is 23.5 Å². The summed E-state index contributed by atoms with van der Waals surface area (Å²) >= 11 is 3.44. The summed E-state index contributed by atoms with van der Waals surface area (Å²) in [5.74, 6) is 1.53. The third kappa shape index (κ3) is 3.14. The molecule has 5 heteroatoms. The Labute approximate surface area is 132 Å². The standard InChI is InChI=1S/C16H15N3S2/c1-20-13-7-3-5-11(9-13)15-17-16(19-18-15)12-6-4-8-14(10-12)21-2/h3-10H,1-2H3,(H,17,18,19). The number of nitrogens with zero attached hydrogens (tertiary/aromatic N) is 2. The van der Waals surface area contributed by atoms with Crippen LogP contribution < -0.4 is 0 Å². The first-order chi connectivity index (χ1) is 10.3. The van der Waals surface area contributed by atoms with Crippen molar-refractivity contribution in [3.63, 3.8) is 0 Å². The molecule has 0 fully saturated rings. The van der Waals surface area contributed by atoms with Gasteiger partial charge in [0.2, 0.25) is 0 Å². The number of aromatic amines is 1. The quantitative estimate of drug-likeness (QED) is 0.716. The second kappa shape index (κ2) is 6.37. The fraction of sp³-hybridized carbons (Fsp3) is 0.125. The first-order valence-electron chi connectivity index (χ1n) is 6.51. The van der Waals surface area contributed by atoms with E-state index in [0.29, 0.717) is 0 Å². The molecule has 3 aromatic rings. The minimum absolute atomic E-state index is 0.732. The van der Waals surface area contributed by atoms with Crippen molar-refractivity contribution < 1.29 is 0 Å². The Hall–Kier alpha value is -1.72. The van der Waals surface area contributed by atoms with E-state index in [1.54, 1.807) is 23.5 Å². The van der Waals surface area contributed by atoms with Crippen molar-refractivity contribution in [1.29, 1.82) is 0 Å². The van der Waals surface area contributed by atoms with Gasteiger partial charge in [-0.2, -0.15) is 5.10 Å². The van der Waals surface area contributed by atoms with Crippen LogP contribution in [0.4, 0.5) is 0 Å². The van der Waals surface area contributed by atoms with E-state index >= 15 is 0 Å². The molecule has 2 aromatic carbocycles. The lowest BCUT2D eigenvalue weighted by Gasteiger charge is -2.00. The van der Waals surface area contributed by atoms with Crippen LogP contribution in [0.1, 0.15) is 0 Å². The molecule has 0 unspecified atom stereocenters. The summed E-state index contributed by atoms with van der Waals surface area (Å²) in [6, 6.07) is 16.6. The highest BCUT2D eigenvalue weighted by Crippen LogP contribution is 2.25. The summed E-state index contributed by atoms with van der Waals surface area (Å²) in [5.41, 5.74) is 2.09. The van der Waals surface area contributed by atoms with Crippen LogP contribution in [0.3, 0.4) is 0 Å². The maximum absolute atomic E-state index is 4.62. The predicted molar refractivity (Wildman–Crippen MR) is 90.8 cm³/mol. The van der Waals surface area contributed by atoms with Crippen LogP contribution in [-0.2, 0) is 0 Å². The zero-order valence-electron chi connectivity index (χ0n) is 11.8. The molecule has 0 amide bonds. The normalized spacial score (nSPS) is 10.8. The summed E-state index contributed by atoms with van der Waals surface area (Å²) in [7, 11) is 0. The average Bonchev–Trinajstić information content (AvgIpc) is 3.05. The highest BCUT2D eigenvalue weighted by molar-refractivity contribution is 7.98. The number of thioether (sulfide) groups is 2. The lowest BCUT2D eigenvalue weighted by atomic mass is 10.2. The molecule has 0 bridgehead atoms. The fourth-order valence-electron chi connectivity index (χ4n) is 2.05. The molecule has 1 N–H and O–H groups in total. The summed E-state index contributed by atoms with van der Waals surface area (Å²) in [6.45, 7) is 0. The maximum Gasteiger partial charge on any atom is 0.181 e. The van der Waals surface area contributed by atoms with Gasteiger partial charge in [-0.3, -0.25) is 5.10 Å². The first-order valence-corrected chi connectivity index (χ1v) is 8.96. The maximum atomic E-state index is 4.62. The van der Waals surface area contributed by atoms with Crippen LogP contribution in [0.25, 0.3) is 22.8 Å². The second-order valence-electron chi connectivity index (χ2n) is 4.47. The molecule has 21 heavy (non-hydrogen) atoms. The molecule has 0 radical (unpaired) electrons. The molecule has 1 aromatic heterocycles. The Morgan fingerprint density at radius 2 is 1.48 bits per heavy atom. The Balaban J connectivity index is 1.95. The highest BCUT2D eigenvalue weighted by atomic mass is 32.2. The number of benzene rings is 2. The third-order valence-corrected chi connectivity index (χ3v) is 4.61. The number of H-pyrrole nitrogens is 1. The Morgan fingerprint density at radius 3 is 2.14 bits per heavy atom. The van der Waals surface area contributed by atoms with E-state index in [1.165, 1.54) is 9.79 Å². The van der Waals surface area contributed by atoms with E-state index in [9.17, 15) is 0 Å². The highest BCUT2D eigenvalue weighted by Gasteiger charge is 2.08. The molecular weight excluding hydrogens is 298 g/mol. The largest absolute Gasteiger partial charge is 0.259 e. The van der Waals surface area contributed by atoms with Crippen LogP contribution >= 0.6 is 23.5 Å². The Morgan fingerprint density at radius 1 is 0.857 bits per heavy atom. The summed E-state index contributed by atoms with van der Waals surface area (Å²) in [4.78, 5) is 7.05. The van der Waals surface area contributed by atoms with Crippen molar-refractivity contribution in [3.8, 4) is 22.8 Å². The minimum atomic E-state index is 0.732. The molecular formula is C16H15N3S2. The first kappa shape index (κ1) is 14.2. The van der Waals surface area contributed by atoms with Crippen LogP contribution in [0.5, 0.6) is 0 Å². The summed E-state index contributed by atoms with van der Waals surface area (Å²) in [6.07, 6.45) is 4.13. The molecule has 0 atom stereocenters. The van der Waals surface area contributed by atoms with Crippen molar-refractivity contribution in [2.75, 3.05) is 12.5 Å². The van der Waals surface area contributed by atoms with Gasteiger partial charge in [0, 0.05) is 20.9 Å². The number of nitrogens with one attached hydrogen (secondary N) is 1. The van der Waals surface area contributed by atoms with Gasteiger partial charge in [0.25, 0.3) is 0 Å². The van der Waals surface area contributed by atoms with Gasteiger partial charge in [0.1, 0.15) is 0 Å². The smallest absolute Gasteiger partial charge is 0.181 e. The van der Waals surface area contributed by atoms with E-state index < -0.39 is 0 Å². The van der Waals surface area contributed by atoms with Gasteiger partial charge in [-0.25, -0.2) is 4.98 Å². The van der Waals surface area contributed by atoms with E-state index in [0.717, 1.165) is 22.8 Å². The molecule has 106 valence electrons. The lowest BCUT2D eigenvalue weighted by Crippen LogP contribution is -1.82. The lowest BCUT2D eigenvalue weighted by molar-refractivity contribution is 1.10. The van der Waals surface area contributed by atoms with Gasteiger partial charge in [0.05, 0.1) is 0 Å². The molecule has 3 rings (SSSR count). The zero-order chi connectivity index (χ0) is 14.7. The van der Waals surface area contributed by atoms with Crippen LogP contribution in [0, 0.1) is 0 Å². The molecule has 0 saturated heterocycles. The third-order valence-electron chi connectivity index (χ3n) is 3.16. The molecule has 1 heterocycles. The van der Waals surface area contributed by atoms with Gasteiger partial charge < -0.3 is 0 Å². The van der Waals surface area contributed by atoms with Crippen molar-refractivity contribution in [3.05, 3.63) is 48.5 Å². The number of hydrogen-bond acceptors (Lipinski definition) is 4. The molecule has 0 spiro atoms. The predicted octanol–water partition coefficient (Wildman–Crippen LogP) is 4.58. The topological polar surface area (TPSA) is 41.6 Å². The number of hydrogen-bond donors (Lipinski definition) is 1. The van der Waals surface area contributed by atoms with Crippen molar-refractivity contribution in [1.82, 2.24) is 15.2 Å². The van der Waals surface area contributed by atoms with Gasteiger partial charge in [0.15, 0.2) is 11.6 Å². The molecule has 0 saturated carbocycles. The van der Waals surface area contributed by atoms with E-state index in [-0.39, 0.29) is 0 Å². The number of aromatic nitrogens is 3. The summed E-state index contributed by atoms with van der Waals surface area (Å²) in [5, 5.41) is 7.37. The Kier molecular flexibility index (Phi) is 4.31. The van der Waals surface area contributed by atoms with E-state index in [1.807, 2.05) is 24.3 Å². The fourth-order valence-corrected chi connectivity index (χ4v) is 2.97. The van der Waals surface area contributed by atoms with Gasteiger partial charge in [-0.05, 0) is 36.8 Å². The van der Waals surface area contributed by atoms with Crippen LogP contribution in [0.2, 0.25) is 0 Å². The van der Waals surface area contributed by atoms with Gasteiger partial charge >= 0.3 is 0 Å². The second-order valence-corrected chi connectivity index (χ2v) is 6.23. The SMILES string of the molecule is CSc1cccc(-c2n[nH]c(-c3cccc(SC)c3)n2)c1. The van der Waals surface area contributed by atoms with Crippen molar-refractivity contribution in [2.24, 2.45) is 0 Å². The summed E-state index contributed by atoms with van der Waals surface area (Å²) < 4.78 is 0. The molecule has 3 nitrogen and oxygen atoms in total. The zero-order valence-corrected chi connectivity index (χ0v) is 13.5. The Bertz CT molecular complexity index is 691. The molecule has 0 aliphatic carbocycles. The van der Waals surface area contributed by atoms with Gasteiger partial charge in [-0.1, -0.05) is 24.3 Å². The number of rotatable bonds is 4. The van der Waals surface area contributed by atoms with E-state index in [4.69, 9.17) is 0 Å². The monoisotopic (exact) mass is 313 g/mol. The molecule has 0 aliphatic heterocycles. The average molecular weight is 313 g/mol. The van der Waals surface area contributed by atoms with E-state index in [2.05, 4.69) is 52.0 Å². The van der Waals surface area contributed by atoms with Crippen LogP contribution in [0.15, 0.2) is 58.3 Å². The van der Waals surface area contributed by atoms with Crippen LogP contribution in [-0.4, -0.2) is 27.7 Å². The minimum Gasteiger partial charge on any atom is -0.259 e. The van der Waals surface area contributed by atoms with Gasteiger partial charge in [-0.15, -0.1) is 23.5 Å². The molecule has 0 aliphatic rings.